The Labute approximate surface area is 200 Å². The van der Waals surface area contributed by atoms with Crippen molar-refractivity contribution in [1.29, 1.82) is 0 Å². The molecule has 2 atom stereocenters. The maximum Gasteiger partial charge on any atom is 0.340 e. The van der Waals surface area contributed by atoms with Crippen LogP contribution in [0.1, 0.15) is 37.0 Å². The Hall–Kier alpha value is -3.94. The molecule has 2 heterocycles. The van der Waals surface area contributed by atoms with Crippen molar-refractivity contribution in [2.75, 3.05) is 0 Å². The fraction of sp³-hybridized carbons (Fsp3) is 0.296. The number of aliphatic carboxylic acids is 1. The first kappa shape index (κ1) is 24.2. The molecule has 2 aromatic carbocycles. The Kier molecular flexibility index (Phi) is 6.47. The van der Waals surface area contributed by atoms with E-state index in [1.165, 1.54) is 12.1 Å². The van der Waals surface area contributed by atoms with Gasteiger partial charge in [-0.05, 0) is 49.1 Å². The van der Waals surface area contributed by atoms with Gasteiger partial charge in [0.15, 0.2) is 0 Å². The number of carbonyl (C=O) groups is 2. The van der Waals surface area contributed by atoms with Gasteiger partial charge in [-0.25, -0.2) is 14.0 Å². The summed E-state index contributed by atoms with van der Waals surface area (Å²) in [7, 11) is 0. The molecule has 0 bridgehead atoms. The van der Waals surface area contributed by atoms with E-state index < -0.39 is 23.5 Å². The fourth-order valence-corrected chi connectivity index (χ4v) is 4.32. The van der Waals surface area contributed by atoms with E-state index in [0.29, 0.717) is 34.1 Å². The highest BCUT2D eigenvalue weighted by atomic mass is 19.1. The minimum atomic E-state index is -1.12. The zero-order valence-electron chi connectivity index (χ0n) is 19.9. The molecule has 0 aliphatic heterocycles. The average molecular weight is 480 g/mol. The normalized spacial score (nSPS) is 13.2. The number of carboxylic acid groups (broad SMARTS) is 1. The lowest BCUT2D eigenvalue weighted by molar-refractivity contribution is -0.143. The van der Waals surface area contributed by atoms with Gasteiger partial charge < -0.3 is 19.3 Å². The SMILES string of the molecule is CCC(C)C(NC(=O)Cc1c(C)c2cc3c(-c4ccc(F)cc4)coc3c(C)c2oc1=O)C(=O)O. The topological polar surface area (TPSA) is 110 Å². The number of furan rings is 1. The number of carbonyl (C=O) groups excluding carboxylic acids is 1. The van der Waals surface area contributed by atoms with Crippen molar-refractivity contribution < 1.29 is 27.9 Å². The van der Waals surface area contributed by atoms with Gasteiger partial charge in [0.2, 0.25) is 5.91 Å². The van der Waals surface area contributed by atoms with Crippen LogP contribution in [0.15, 0.2) is 50.2 Å². The summed E-state index contributed by atoms with van der Waals surface area (Å²) in [5.41, 5.74) is 3.12. The van der Waals surface area contributed by atoms with E-state index in [0.717, 1.165) is 16.5 Å². The van der Waals surface area contributed by atoms with Gasteiger partial charge in [0, 0.05) is 21.9 Å². The standard InChI is InChI=1S/C27H26FNO6/c1-5-13(2)23(26(31)32)29-22(30)11-19-14(3)18-10-20-21(16-6-8-17(28)9-7-16)12-34-24(20)15(4)25(18)35-27(19)33/h6-10,12-13,23H,5,11H2,1-4H3,(H,29,30)(H,31,32). The summed E-state index contributed by atoms with van der Waals surface area (Å²) in [6.45, 7) is 7.09. The highest BCUT2D eigenvalue weighted by molar-refractivity contribution is 6.05. The van der Waals surface area contributed by atoms with Gasteiger partial charge >= 0.3 is 11.6 Å². The smallest absolute Gasteiger partial charge is 0.340 e. The van der Waals surface area contributed by atoms with E-state index in [2.05, 4.69) is 5.32 Å². The molecule has 7 nitrogen and oxygen atoms in total. The van der Waals surface area contributed by atoms with E-state index in [-0.39, 0.29) is 23.7 Å². The quantitative estimate of drug-likeness (QED) is 0.356. The first-order valence-corrected chi connectivity index (χ1v) is 11.4. The molecule has 4 aromatic rings. The molecule has 0 saturated heterocycles. The van der Waals surface area contributed by atoms with Gasteiger partial charge in [0.05, 0.1) is 18.2 Å². The molecule has 8 heteroatoms. The van der Waals surface area contributed by atoms with Gasteiger partial charge in [0.25, 0.3) is 0 Å². The highest BCUT2D eigenvalue weighted by Crippen LogP contribution is 2.37. The van der Waals surface area contributed by atoms with Crippen LogP contribution in [0.3, 0.4) is 0 Å². The maximum absolute atomic E-state index is 13.4. The largest absolute Gasteiger partial charge is 0.480 e. The number of hydrogen-bond acceptors (Lipinski definition) is 5. The van der Waals surface area contributed by atoms with Crippen molar-refractivity contribution in [1.82, 2.24) is 5.32 Å². The molecule has 2 unspecified atom stereocenters. The zero-order chi connectivity index (χ0) is 25.4. The number of halogens is 1. The van der Waals surface area contributed by atoms with Gasteiger partial charge in [-0.15, -0.1) is 0 Å². The Morgan fingerprint density at radius 1 is 1.09 bits per heavy atom. The Bertz CT molecular complexity index is 1500. The molecule has 2 aromatic heterocycles. The van der Waals surface area contributed by atoms with Crippen molar-refractivity contribution >= 4 is 33.8 Å². The number of fused-ring (bicyclic) bond motifs is 2. The highest BCUT2D eigenvalue weighted by Gasteiger charge is 2.26. The summed E-state index contributed by atoms with van der Waals surface area (Å²) in [4.78, 5) is 37.1. The zero-order valence-corrected chi connectivity index (χ0v) is 19.9. The number of amides is 1. The monoisotopic (exact) mass is 479 g/mol. The molecule has 4 rings (SSSR count). The molecular formula is C27H26FNO6. The predicted molar refractivity (Wildman–Crippen MR) is 130 cm³/mol. The number of carboxylic acids is 1. The van der Waals surface area contributed by atoms with Gasteiger partial charge in [-0.2, -0.15) is 0 Å². The van der Waals surface area contributed by atoms with Crippen molar-refractivity contribution in [3.8, 4) is 11.1 Å². The van der Waals surface area contributed by atoms with Crippen LogP contribution in [-0.4, -0.2) is 23.0 Å². The van der Waals surface area contributed by atoms with E-state index >= 15 is 0 Å². The van der Waals surface area contributed by atoms with E-state index in [1.807, 2.05) is 13.0 Å². The minimum Gasteiger partial charge on any atom is -0.480 e. The minimum absolute atomic E-state index is 0.161. The molecule has 0 spiro atoms. The lowest BCUT2D eigenvalue weighted by Gasteiger charge is -2.20. The predicted octanol–water partition coefficient (Wildman–Crippen LogP) is 5.12. The number of benzene rings is 2. The number of hydrogen-bond donors (Lipinski definition) is 2. The lowest BCUT2D eigenvalue weighted by atomic mass is 9.96. The van der Waals surface area contributed by atoms with Gasteiger partial charge in [0.1, 0.15) is 23.0 Å². The number of rotatable bonds is 7. The molecule has 0 fully saturated rings. The third-order valence-corrected chi connectivity index (χ3v) is 6.63. The van der Waals surface area contributed by atoms with Crippen LogP contribution in [0.25, 0.3) is 33.1 Å². The number of nitrogens with one attached hydrogen (secondary N) is 1. The Morgan fingerprint density at radius 3 is 2.40 bits per heavy atom. The van der Waals surface area contributed by atoms with Crippen LogP contribution < -0.4 is 10.9 Å². The summed E-state index contributed by atoms with van der Waals surface area (Å²) in [5.74, 6) is -2.31. The summed E-state index contributed by atoms with van der Waals surface area (Å²) in [6, 6.07) is 6.83. The molecule has 0 radical (unpaired) electrons. The first-order valence-electron chi connectivity index (χ1n) is 11.4. The van der Waals surface area contributed by atoms with Crippen LogP contribution in [0.2, 0.25) is 0 Å². The summed E-state index contributed by atoms with van der Waals surface area (Å²) >= 11 is 0. The second kappa shape index (κ2) is 9.37. The Balaban J connectivity index is 1.79. The van der Waals surface area contributed by atoms with Crippen LogP contribution >= 0.6 is 0 Å². The summed E-state index contributed by atoms with van der Waals surface area (Å²) < 4.78 is 24.8. The second-order valence-electron chi connectivity index (χ2n) is 8.85. The average Bonchev–Trinajstić information content (AvgIpc) is 3.25. The molecule has 35 heavy (non-hydrogen) atoms. The summed E-state index contributed by atoms with van der Waals surface area (Å²) in [5, 5.41) is 13.4. The summed E-state index contributed by atoms with van der Waals surface area (Å²) in [6.07, 6.45) is 1.84. The molecule has 1 amide bonds. The third-order valence-electron chi connectivity index (χ3n) is 6.63. The van der Waals surface area contributed by atoms with Crippen LogP contribution in [-0.2, 0) is 16.0 Å². The lowest BCUT2D eigenvalue weighted by Crippen LogP contribution is -2.45. The third kappa shape index (κ3) is 4.43. The first-order chi connectivity index (χ1) is 16.6. The van der Waals surface area contributed by atoms with Crippen molar-refractivity contribution in [2.45, 2.75) is 46.6 Å². The van der Waals surface area contributed by atoms with E-state index in [9.17, 15) is 23.9 Å². The molecule has 0 saturated carbocycles. The molecule has 0 aliphatic carbocycles. The van der Waals surface area contributed by atoms with Crippen molar-refractivity contribution in [3.63, 3.8) is 0 Å². The van der Waals surface area contributed by atoms with E-state index in [4.69, 9.17) is 8.83 Å². The molecule has 182 valence electrons. The van der Waals surface area contributed by atoms with Crippen molar-refractivity contribution in [3.05, 3.63) is 69.5 Å². The molecule has 0 aliphatic rings. The maximum atomic E-state index is 13.4. The van der Waals surface area contributed by atoms with Crippen LogP contribution in [0.4, 0.5) is 4.39 Å². The second-order valence-corrected chi connectivity index (χ2v) is 8.85. The Morgan fingerprint density at radius 2 is 1.77 bits per heavy atom. The van der Waals surface area contributed by atoms with Crippen molar-refractivity contribution in [2.24, 2.45) is 5.92 Å². The molecular weight excluding hydrogens is 453 g/mol. The van der Waals surface area contributed by atoms with E-state index in [1.54, 1.807) is 39.2 Å². The van der Waals surface area contributed by atoms with Crippen LogP contribution in [0.5, 0.6) is 0 Å². The number of aryl methyl sites for hydroxylation is 2. The van der Waals surface area contributed by atoms with Gasteiger partial charge in [-0.3, -0.25) is 4.79 Å². The van der Waals surface area contributed by atoms with Crippen LogP contribution in [0, 0.1) is 25.6 Å². The molecule has 2 N–H and O–H groups in total. The van der Waals surface area contributed by atoms with Gasteiger partial charge in [-0.1, -0.05) is 32.4 Å². The fourth-order valence-electron chi connectivity index (χ4n) is 4.32.